The van der Waals surface area contributed by atoms with Crippen molar-refractivity contribution in [3.63, 3.8) is 0 Å². The molecule has 0 radical (unpaired) electrons. The highest BCUT2D eigenvalue weighted by atomic mass is 32.2. The van der Waals surface area contributed by atoms with Gasteiger partial charge in [-0.1, -0.05) is 18.2 Å². The molecule has 0 atom stereocenters. The smallest absolute Gasteiger partial charge is 0.315 e. The molecular weight excluding hydrogens is 348 g/mol. The van der Waals surface area contributed by atoms with Crippen LogP contribution in [0.3, 0.4) is 0 Å². The van der Waals surface area contributed by atoms with Crippen LogP contribution in [0.4, 0.5) is 5.69 Å². The number of benzene rings is 2. The fraction of sp³-hybridized carbons (Fsp3) is 0.188. The molecule has 0 fully saturated rings. The standard InChI is InChI=1S/C16H16N2O6S/c1-3-24-16-14(18(19)20)9-12(10-15(16)23-2)11-17-25(21,22)13-7-5-4-6-8-13/h4-11H,3H2,1-2H3/b17-11-. The summed E-state index contributed by atoms with van der Waals surface area (Å²) in [6.07, 6.45) is 1.04. The van der Waals surface area contributed by atoms with E-state index in [0.717, 1.165) is 6.21 Å². The van der Waals surface area contributed by atoms with Gasteiger partial charge in [0.05, 0.1) is 23.5 Å². The Kier molecular flexibility index (Phi) is 5.71. The Hall–Kier alpha value is -2.94. The normalized spacial score (nSPS) is 11.4. The molecule has 2 rings (SSSR count). The first-order chi connectivity index (χ1) is 11.9. The lowest BCUT2D eigenvalue weighted by Gasteiger charge is -2.10. The van der Waals surface area contributed by atoms with Crippen LogP contribution < -0.4 is 9.47 Å². The maximum Gasteiger partial charge on any atom is 0.315 e. The molecule has 2 aromatic rings. The first kappa shape index (κ1) is 18.4. The summed E-state index contributed by atoms with van der Waals surface area (Å²) in [6.45, 7) is 1.90. The maximum absolute atomic E-state index is 12.2. The van der Waals surface area contributed by atoms with Crippen molar-refractivity contribution in [2.75, 3.05) is 13.7 Å². The first-order valence-corrected chi connectivity index (χ1v) is 8.67. The molecule has 2 aromatic carbocycles. The van der Waals surface area contributed by atoms with E-state index in [1.807, 2.05) is 0 Å². The Bertz CT molecular complexity index is 894. The summed E-state index contributed by atoms with van der Waals surface area (Å²) in [5.74, 6) is 0.104. The number of ether oxygens (including phenoxy) is 2. The molecule has 132 valence electrons. The van der Waals surface area contributed by atoms with Crippen LogP contribution in [0.5, 0.6) is 11.5 Å². The molecule has 0 saturated heterocycles. The van der Waals surface area contributed by atoms with Gasteiger partial charge in [0.25, 0.3) is 10.0 Å². The van der Waals surface area contributed by atoms with Crippen LogP contribution in [0.15, 0.2) is 51.8 Å². The average Bonchev–Trinajstić information content (AvgIpc) is 2.61. The van der Waals surface area contributed by atoms with Crippen molar-refractivity contribution in [2.24, 2.45) is 4.40 Å². The summed E-state index contributed by atoms with van der Waals surface area (Å²) in [5.41, 5.74) is -0.133. The number of hydrogen-bond acceptors (Lipinski definition) is 6. The van der Waals surface area contributed by atoms with Gasteiger partial charge in [-0.3, -0.25) is 10.1 Å². The van der Waals surface area contributed by atoms with Crippen molar-refractivity contribution in [1.29, 1.82) is 0 Å². The Morgan fingerprint density at radius 1 is 1.24 bits per heavy atom. The van der Waals surface area contributed by atoms with Gasteiger partial charge in [-0.2, -0.15) is 12.8 Å². The molecule has 0 aromatic heterocycles. The van der Waals surface area contributed by atoms with Crippen molar-refractivity contribution in [3.05, 3.63) is 58.1 Å². The lowest BCUT2D eigenvalue weighted by molar-refractivity contribution is -0.385. The molecular formula is C16H16N2O6S. The highest BCUT2D eigenvalue weighted by molar-refractivity contribution is 7.90. The molecule has 0 N–H and O–H groups in total. The van der Waals surface area contributed by atoms with E-state index < -0.39 is 14.9 Å². The fourth-order valence-electron chi connectivity index (χ4n) is 2.04. The predicted octanol–water partition coefficient (Wildman–Crippen LogP) is 2.81. The van der Waals surface area contributed by atoms with Gasteiger partial charge < -0.3 is 9.47 Å². The second-order valence-corrected chi connectivity index (χ2v) is 6.42. The Balaban J connectivity index is 2.46. The van der Waals surface area contributed by atoms with Crippen molar-refractivity contribution < 1.29 is 22.8 Å². The third-order valence-corrected chi connectivity index (χ3v) is 4.40. The zero-order valence-electron chi connectivity index (χ0n) is 13.6. The number of nitro groups is 1. The second-order valence-electron chi connectivity index (χ2n) is 4.78. The van der Waals surface area contributed by atoms with Crippen molar-refractivity contribution in [1.82, 2.24) is 0 Å². The first-order valence-electron chi connectivity index (χ1n) is 7.23. The molecule has 8 nitrogen and oxygen atoms in total. The molecule has 0 heterocycles. The zero-order chi connectivity index (χ0) is 18.4. The summed E-state index contributed by atoms with van der Waals surface area (Å²) in [4.78, 5) is 10.6. The summed E-state index contributed by atoms with van der Waals surface area (Å²) in [5, 5.41) is 11.2. The van der Waals surface area contributed by atoms with Gasteiger partial charge in [0.15, 0.2) is 5.75 Å². The van der Waals surface area contributed by atoms with E-state index in [1.54, 1.807) is 25.1 Å². The Morgan fingerprint density at radius 2 is 1.92 bits per heavy atom. The van der Waals surface area contributed by atoms with Crippen molar-refractivity contribution in [2.45, 2.75) is 11.8 Å². The molecule has 0 amide bonds. The highest BCUT2D eigenvalue weighted by Crippen LogP contribution is 2.38. The van der Waals surface area contributed by atoms with Gasteiger partial charge in [0.1, 0.15) is 0 Å². The number of nitrogens with zero attached hydrogens (tertiary/aromatic N) is 2. The van der Waals surface area contributed by atoms with E-state index in [4.69, 9.17) is 9.47 Å². The van der Waals surface area contributed by atoms with Crippen LogP contribution in [0, 0.1) is 10.1 Å². The summed E-state index contributed by atoms with van der Waals surface area (Å²) in [6, 6.07) is 10.3. The topological polar surface area (TPSA) is 108 Å². The summed E-state index contributed by atoms with van der Waals surface area (Å²) < 4.78 is 38.3. The van der Waals surface area contributed by atoms with Crippen LogP contribution in [0.2, 0.25) is 0 Å². The Morgan fingerprint density at radius 3 is 2.48 bits per heavy atom. The van der Waals surface area contributed by atoms with Gasteiger partial charge >= 0.3 is 5.69 Å². The number of sulfonamides is 1. The molecule has 0 unspecified atom stereocenters. The van der Waals surface area contributed by atoms with E-state index in [-0.39, 0.29) is 34.3 Å². The molecule has 0 bridgehead atoms. The van der Waals surface area contributed by atoms with Crippen molar-refractivity contribution >= 4 is 21.9 Å². The van der Waals surface area contributed by atoms with Crippen LogP contribution in [-0.2, 0) is 10.0 Å². The van der Waals surface area contributed by atoms with Crippen LogP contribution in [0.25, 0.3) is 0 Å². The van der Waals surface area contributed by atoms with Gasteiger partial charge in [0, 0.05) is 17.8 Å². The largest absolute Gasteiger partial charge is 0.493 e. The van der Waals surface area contributed by atoms with Crippen molar-refractivity contribution in [3.8, 4) is 11.5 Å². The number of nitro benzene ring substituents is 1. The SMILES string of the molecule is CCOc1c(OC)cc(/C=N\S(=O)(=O)c2ccccc2)cc1[N+](=O)[O-]. The lowest BCUT2D eigenvalue weighted by Crippen LogP contribution is -2.02. The fourth-order valence-corrected chi connectivity index (χ4v) is 2.93. The minimum atomic E-state index is -3.90. The van der Waals surface area contributed by atoms with Crippen LogP contribution >= 0.6 is 0 Å². The molecule has 0 aliphatic heterocycles. The second kappa shape index (κ2) is 7.75. The predicted molar refractivity (Wildman–Crippen MR) is 92.0 cm³/mol. The third kappa shape index (κ3) is 4.32. The van der Waals surface area contributed by atoms with Gasteiger partial charge in [-0.25, -0.2) is 0 Å². The lowest BCUT2D eigenvalue weighted by atomic mass is 10.2. The summed E-state index contributed by atoms with van der Waals surface area (Å²) in [7, 11) is -2.57. The van der Waals surface area contributed by atoms with Crippen LogP contribution in [-0.4, -0.2) is 33.3 Å². The number of rotatable bonds is 7. The maximum atomic E-state index is 12.2. The van der Waals surface area contributed by atoms with E-state index in [0.29, 0.717) is 0 Å². The molecule has 9 heteroatoms. The highest BCUT2D eigenvalue weighted by Gasteiger charge is 2.22. The molecule has 0 aliphatic rings. The van der Waals surface area contributed by atoms with E-state index in [2.05, 4.69) is 4.40 Å². The minimum Gasteiger partial charge on any atom is -0.493 e. The molecule has 0 spiro atoms. The Labute approximate surface area is 144 Å². The monoisotopic (exact) mass is 364 g/mol. The van der Waals surface area contributed by atoms with Gasteiger partial charge in [-0.05, 0) is 25.1 Å². The minimum absolute atomic E-state index is 0.0157. The summed E-state index contributed by atoms with van der Waals surface area (Å²) >= 11 is 0. The number of hydrogen-bond donors (Lipinski definition) is 0. The van der Waals surface area contributed by atoms with E-state index >= 15 is 0 Å². The van der Waals surface area contributed by atoms with E-state index in [1.165, 1.54) is 31.4 Å². The average molecular weight is 364 g/mol. The van der Waals surface area contributed by atoms with Gasteiger partial charge in [-0.15, -0.1) is 0 Å². The van der Waals surface area contributed by atoms with Gasteiger partial charge in [0.2, 0.25) is 5.75 Å². The van der Waals surface area contributed by atoms with E-state index in [9.17, 15) is 18.5 Å². The zero-order valence-corrected chi connectivity index (χ0v) is 14.4. The van der Waals surface area contributed by atoms with Crippen LogP contribution in [0.1, 0.15) is 12.5 Å². The molecule has 25 heavy (non-hydrogen) atoms. The quantitative estimate of drug-likeness (QED) is 0.425. The molecule has 0 saturated carbocycles. The third-order valence-electron chi connectivity index (χ3n) is 3.14. The molecule has 0 aliphatic carbocycles. The number of methoxy groups -OCH3 is 1.